The van der Waals surface area contributed by atoms with Crippen molar-refractivity contribution in [3.63, 3.8) is 0 Å². The quantitative estimate of drug-likeness (QED) is 0.372. The largest absolute Gasteiger partial charge is 0.385 e. The van der Waals surface area contributed by atoms with Crippen LogP contribution in [0.15, 0.2) is 41.8 Å². The molecule has 1 aromatic carbocycles. The Kier molecular flexibility index (Phi) is 4.93. The highest BCUT2D eigenvalue weighted by Crippen LogP contribution is 2.44. The van der Waals surface area contributed by atoms with E-state index in [1.165, 1.54) is 12.1 Å². The van der Waals surface area contributed by atoms with E-state index in [0.717, 1.165) is 22.4 Å². The van der Waals surface area contributed by atoms with Crippen LogP contribution in [0.4, 0.5) is 5.69 Å². The molecular formula is C19H18N4O4S. The van der Waals surface area contributed by atoms with Gasteiger partial charge in [-0.25, -0.2) is 0 Å². The number of ether oxygens (including phenoxy) is 1. The smallest absolute Gasteiger partial charge is 0.273 e. The van der Waals surface area contributed by atoms with Crippen LogP contribution in [0.3, 0.4) is 0 Å². The number of hydrogen-bond acceptors (Lipinski definition) is 6. The maximum Gasteiger partial charge on any atom is 0.273 e. The minimum absolute atomic E-state index is 0.0167. The molecule has 0 fully saturated rings. The molecule has 144 valence electrons. The van der Waals surface area contributed by atoms with Crippen molar-refractivity contribution in [2.45, 2.75) is 12.5 Å². The van der Waals surface area contributed by atoms with Crippen LogP contribution in [0.25, 0.3) is 11.3 Å². The number of carbonyl (C=O) groups is 1. The number of thiophene rings is 1. The maximum atomic E-state index is 13.0. The normalized spacial score (nSPS) is 15.8. The first-order valence-electron chi connectivity index (χ1n) is 8.78. The highest BCUT2D eigenvalue weighted by molar-refractivity contribution is 7.10. The van der Waals surface area contributed by atoms with Crippen molar-refractivity contribution in [1.29, 1.82) is 0 Å². The molecule has 0 bridgehead atoms. The molecule has 3 aromatic rings. The van der Waals surface area contributed by atoms with E-state index in [4.69, 9.17) is 4.74 Å². The van der Waals surface area contributed by atoms with Gasteiger partial charge in [0.1, 0.15) is 5.69 Å². The molecule has 1 N–H and O–H groups in total. The van der Waals surface area contributed by atoms with Crippen molar-refractivity contribution in [2.75, 3.05) is 20.3 Å². The highest BCUT2D eigenvalue weighted by Gasteiger charge is 2.42. The molecular weight excluding hydrogens is 380 g/mol. The number of benzene rings is 1. The number of non-ortho nitro benzene ring substituents is 1. The summed E-state index contributed by atoms with van der Waals surface area (Å²) in [6.07, 6.45) is 0.731. The van der Waals surface area contributed by atoms with Crippen LogP contribution in [0, 0.1) is 10.1 Å². The number of amides is 1. The molecule has 1 amide bonds. The lowest BCUT2D eigenvalue weighted by atomic mass is 10.0. The van der Waals surface area contributed by atoms with Gasteiger partial charge in [0, 0.05) is 48.4 Å². The number of aromatic amines is 1. The van der Waals surface area contributed by atoms with E-state index < -0.39 is 4.92 Å². The number of rotatable bonds is 7. The summed E-state index contributed by atoms with van der Waals surface area (Å²) in [5.74, 6) is -0.0924. The minimum Gasteiger partial charge on any atom is -0.385 e. The van der Waals surface area contributed by atoms with Gasteiger partial charge in [-0.2, -0.15) is 5.10 Å². The van der Waals surface area contributed by atoms with E-state index in [1.807, 2.05) is 22.4 Å². The molecule has 3 heterocycles. The van der Waals surface area contributed by atoms with E-state index in [-0.39, 0.29) is 17.6 Å². The number of aromatic nitrogens is 2. The van der Waals surface area contributed by atoms with Gasteiger partial charge >= 0.3 is 0 Å². The molecule has 9 heteroatoms. The molecule has 1 atom stereocenters. The van der Waals surface area contributed by atoms with Gasteiger partial charge in [-0.15, -0.1) is 11.3 Å². The van der Waals surface area contributed by atoms with Crippen LogP contribution in [0.2, 0.25) is 0 Å². The molecule has 0 radical (unpaired) electrons. The molecule has 1 aliphatic rings. The molecule has 0 aliphatic carbocycles. The number of nitro benzene ring substituents is 1. The van der Waals surface area contributed by atoms with Crippen LogP contribution < -0.4 is 0 Å². The number of methoxy groups -OCH3 is 1. The highest BCUT2D eigenvalue weighted by atomic mass is 32.1. The molecule has 0 saturated carbocycles. The standard InChI is InChI=1S/C19H18N4O4S/c1-27-10-3-9-22-18(14-4-2-11-28-14)15-16(20-21-17(15)19(22)24)12-5-7-13(8-6-12)23(25)26/h2,4-8,11,18H,3,9-10H2,1H3,(H,20,21). The Labute approximate surface area is 164 Å². The fourth-order valence-corrected chi connectivity index (χ4v) is 4.36. The fraction of sp³-hybridized carbons (Fsp3) is 0.263. The number of nitrogens with one attached hydrogen (secondary N) is 1. The summed E-state index contributed by atoms with van der Waals surface area (Å²) in [6.45, 7) is 1.14. The topological polar surface area (TPSA) is 101 Å². The summed E-state index contributed by atoms with van der Waals surface area (Å²) in [4.78, 5) is 26.4. The number of nitro groups is 1. The lowest BCUT2D eigenvalue weighted by Gasteiger charge is -2.25. The number of carbonyl (C=O) groups excluding carboxylic acids is 1. The molecule has 0 saturated heterocycles. The van der Waals surface area contributed by atoms with Gasteiger partial charge in [0.2, 0.25) is 0 Å². The molecule has 0 spiro atoms. The monoisotopic (exact) mass is 398 g/mol. The van der Waals surface area contributed by atoms with Crippen LogP contribution >= 0.6 is 11.3 Å². The molecule has 1 aliphatic heterocycles. The van der Waals surface area contributed by atoms with E-state index in [1.54, 1.807) is 30.6 Å². The predicted molar refractivity (Wildman–Crippen MR) is 104 cm³/mol. The zero-order valence-electron chi connectivity index (χ0n) is 15.1. The third-order valence-electron chi connectivity index (χ3n) is 4.78. The van der Waals surface area contributed by atoms with Crippen molar-refractivity contribution >= 4 is 22.9 Å². The molecule has 8 nitrogen and oxygen atoms in total. The lowest BCUT2D eigenvalue weighted by molar-refractivity contribution is -0.384. The van der Waals surface area contributed by atoms with Crippen molar-refractivity contribution in [3.8, 4) is 11.3 Å². The first-order valence-corrected chi connectivity index (χ1v) is 9.66. The minimum atomic E-state index is -0.436. The molecule has 1 unspecified atom stereocenters. The van der Waals surface area contributed by atoms with Gasteiger partial charge in [-0.05, 0) is 30.0 Å². The van der Waals surface area contributed by atoms with Crippen LogP contribution in [0.1, 0.15) is 33.4 Å². The first kappa shape index (κ1) is 18.3. The van der Waals surface area contributed by atoms with E-state index in [9.17, 15) is 14.9 Å². The van der Waals surface area contributed by atoms with Crippen molar-refractivity contribution in [1.82, 2.24) is 15.1 Å². The number of H-pyrrole nitrogens is 1. The Morgan fingerprint density at radius 3 is 2.75 bits per heavy atom. The maximum absolute atomic E-state index is 13.0. The van der Waals surface area contributed by atoms with Gasteiger partial charge in [0.25, 0.3) is 11.6 Å². The van der Waals surface area contributed by atoms with Gasteiger partial charge in [-0.3, -0.25) is 20.0 Å². The Morgan fingerprint density at radius 2 is 2.11 bits per heavy atom. The second-order valence-electron chi connectivity index (χ2n) is 6.43. The average molecular weight is 398 g/mol. The summed E-state index contributed by atoms with van der Waals surface area (Å²) in [5.41, 5.74) is 2.69. The SMILES string of the molecule is COCCCN1C(=O)c2[nH]nc(-c3ccc([N+](=O)[O-])cc3)c2C1c1cccs1. The third kappa shape index (κ3) is 3.08. The number of nitrogens with zero attached hydrogens (tertiary/aromatic N) is 3. The van der Waals surface area contributed by atoms with Crippen molar-refractivity contribution in [2.24, 2.45) is 0 Å². The average Bonchev–Trinajstić information content (AvgIpc) is 3.41. The predicted octanol–water partition coefficient (Wildman–Crippen LogP) is 3.63. The Bertz CT molecular complexity index is 998. The summed E-state index contributed by atoms with van der Waals surface area (Å²) in [7, 11) is 1.64. The summed E-state index contributed by atoms with van der Waals surface area (Å²) in [6, 6.07) is 9.96. The third-order valence-corrected chi connectivity index (χ3v) is 5.70. The van der Waals surface area contributed by atoms with Crippen LogP contribution in [0.5, 0.6) is 0 Å². The summed E-state index contributed by atoms with van der Waals surface area (Å²) < 4.78 is 5.13. The second-order valence-corrected chi connectivity index (χ2v) is 7.41. The Morgan fingerprint density at radius 1 is 1.32 bits per heavy atom. The first-order chi connectivity index (χ1) is 13.6. The Balaban J connectivity index is 1.76. The lowest BCUT2D eigenvalue weighted by Crippen LogP contribution is -2.30. The van der Waals surface area contributed by atoms with Crippen LogP contribution in [-0.4, -0.2) is 46.2 Å². The number of fused-ring (bicyclic) bond motifs is 1. The summed E-state index contributed by atoms with van der Waals surface area (Å²) >= 11 is 1.59. The van der Waals surface area contributed by atoms with Gasteiger partial charge in [0.05, 0.1) is 16.7 Å². The fourth-order valence-electron chi connectivity index (χ4n) is 3.51. The second kappa shape index (κ2) is 7.53. The molecule has 2 aromatic heterocycles. The van der Waals surface area contributed by atoms with Gasteiger partial charge < -0.3 is 9.64 Å². The zero-order valence-corrected chi connectivity index (χ0v) is 15.9. The van der Waals surface area contributed by atoms with Gasteiger partial charge in [-0.1, -0.05) is 6.07 Å². The van der Waals surface area contributed by atoms with Crippen molar-refractivity contribution < 1.29 is 14.5 Å². The summed E-state index contributed by atoms with van der Waals surface area (Å²) in [5, 5.41) is 20.2. The van der Waals surface area contributed by atoms with E-state index >= 15 is 0 Å². The molecule has 4 rings (SSSR count). The Hall–Kier alpha value is -3.04. The van der Waals surface area contributed by atoms with Gasteiger partial charge in [0.15, 0.2) is 0 Å². The zero-order chi connectivity index (χ0) is 19.7. The van der Waals surface area contributed by atoms with E-state index in [2.05, 4.69) is 10.2 Å². The van der Waals surface area contributed by atoms with Crippen molar-refractivity contribution in [3.05, 3.63) is 68.0 Å². The number of hydrogen-bond donors (Lipinski definition) is 1. The van der Waals surface area contributed by atoms with E-state index in [0.29, 0.717) is 24.5 Å². The van der Waals surface area contributed by atoms with Crippen LogP contribution in [-0.2, 0) is 4.74 Å². The molecule has 28 heavy (non-hydrogen) atoms.